The van der Waals surface area contributed by atoms with Crippen molar-refractivity contribution in [2.45, 2.75) is 38.3 Å². The Morgan fingerprint density at radius 2 is 1.56 bits per heavy atom. The van der Waals surface area contributed by atoms with E-state index in [1.807, 2.05) is 12.1 Å². The van der Waals surface area contributed by atoms with E-state index in [1.54, 1.807) is 19.2 Å². The molecule has 0 aliphatic carbocycles. The number of ether oxygens (including phenoxy) is 4. The number of carbonyl (C=O) groups excluding carboxylic acids is 2. The van der Waals surface area contributed by atoms with Crippen molar-refractivity contribution in [1.82, 2.24) is 10.2 Å². The summed E-state index contributed by atoms with van der Waals surface area (Å²) in [5.41, 5.74) is 1.30. The Morgan fingerprint density at radius 1 is 0.941 bits per heavy atom. The lowest BCUT2D eigenvalue weighted by Gasteiger charge is -2.31. The van der Waals surface area contributed by atoms with Gasteiger partial charge < -0.3 is 29.2 Å². The molecule has 2 aromatic carbocycles. The van der Waals surface area contributed by atoms with E-state index in [4.69, 9.17) is 18.9 Å². The van der Waals surface area contributed by atoms with Gasteiger partial charge in [0.2, 0.25) is 11.8 Å². The Balaban J connectivity index is 2.28. The van der Waals surface area contributed by atoms with E-state index in [0.717, 1.165) is 5.56 Å². The Kier molecular flexibility index (Phi) is 10.9. The van der Waals surface area contributed by atoms with Crippen molar-refractivity contribution in [1.29, 1.82) is 0 Å². The monoisotopic (exact) mass is 476 g/mol. The summed E-state index contributed by atoms with van der Waals surface area (Å²) in [6.07, 6.45) is -0.471. The molecule has 1 N–H and O–H groups in total. The third-order valence-electron chi connectivity index (χ3n) is 5.48. The van der Waals surface area contributed by atoms with Gasteiger partial charge in [-0.1, -0.05) is 24.3 Å². The molecule has 0 bridgehead atoms. The second-order valence-corrected chi connectivity index (χ2v) is 7.69. The van der Waals surface area contributed by atoms with E-state index >= 15 is 0 Å². The number of amides is 2. The van der Waals surface area contributed by atoms with Gasteiger partial charge in [0.15, 0.2) is 6.29 Å². The van der Waals surface area contributed by atoms with Crippen LogP contribution in [-0.2, 0) is 30.3 Å². The molecule has 9 heteroatoms. The van der Waals surface area contributed by atoms with E-state index in [1.165, 1.54) is 57.4 Å². The van der Waals surface area contributed by atoms with Crippen molar-refractivity contribution in [3.63, 3.8) is 0 Å². The second kappa shape index (κ2) is 13.6. The van der Waals surface area contributed by atoms with E-state index in [2.05, 4.69) is 5.32 Å². The fraction of sp³-hybridized carbons (Fsp3) is 0.440. The second-order valence-electron chi connectivity index (χ2n) is 7.69. The summed E-state index contributed by atoms with van der Waals surface area (Å²) >= 11 is 0. The van der Waals surface area contributed by atoms with Crippen molar-refractivity contribution < 1.29 is 32.9 Å². The van der Waals surface area contributed by atoms with Gasteiger partial charge in [0.05, 0.1) is 13.2 Å². The van der Waals surface area contributed by atoms with Gasteiger partial charge in [0.25, 0.3) is 0 Å². The highest BCUT2D eigenvalue weighted by Gasteiger charge is 2.30. The first kappa shape index (κ1) is 27.2. The van der Waals surface area contributed by atoms with E-state index in [0.29, 0.717) is 17.7 Å². The molecule has 186 valence electrons. The van der Waals surface area contributed by atoms with Gasteiger partial charge >= 0.3 is 0 Å². The van der Waals surface area contributed by atoms with Crippen LogP contribution in [0.1, 0.15) is 30.5 Å². The number of nitrogens with zero attached hydrogens (tertiary/aromatic N) is 1. The zero-order chi connectivity index (χ0) is 25.1. The first-order valence-corrected chi connectivity index (χ1v) is 10.8. The van der Waals surface area contributed by atoms with Crippen LogP contribution in [0.2, 0.25) is 0 Å². The number of nitrogens with one attached hydrogen (secondary N) is 1. The smallest absolute Gasteiger partial charge is 0.247 e. The molecule has 8 nitrogen and oxygen atoms in total. The van der Waals surface area contributed by atoms with Gasteiger partial charge in [-0.25, -0.2) is 4.39 Å². The number of rotatable bonds is 13. The van der Waals surface area contributed by atoms with Gasteiger partial charge in [-0.2, -0.15) is 0 Å². The lowest BCUT2D eigenvalue weighted by molar-refractivity contribution is -0.141. The maximum Gasteiger partial charge on any atom is 0.247 e. The molecule has 0 spiro atoms. The largest absolute Gasteiger partial charge is 0.497 e. The number of hydrogen-bond acceptors (Lipinski definition) is 6. The number of benzene rings is 2. The first-order chi connectivity index (χ1) is 16.3. The summed E-state index contributed by atoms with van der Waals surface area (Å²) in [4.78, 5) is 27.5. The quantitative estimate of drug-likeness (QED) is 0.447. The molecule has 2 atom stereocenters. The van der Waals surface area contributed by atoms with Crippen molar-refractivity contribution >= 4 is 11.8 Å². The number of methoxy groups -OCH3 is 4. The minimum Gasteiger partial charge on any atom is -0.497 e. The zero-order valence-electron chi connectivity index (χ0n) is 20.2. The van der Waals surface area contributed by atoms with Crippen LogP contribution in [0.4, 0.5) is 4.39 Å². The van der Waals surface area contributed by atoms with Gasteiger partial charge in [-0.15, -0.1) is 0 Å². The van der Waals surface area contributed by atoms with Crippen LogP contribution >= 0.6 is 0 Å². The molecule has 2 aromatic rings. The topological polar surface area (TPSA) is 86.3 Å². The Bertz CT molecular complexity index is 903. The molecule has 2 rings (SSSR count). The van der Waals surface area contributed by atoms with Crippen LogP contribution in [-0.4, -0.2) is 64.1 Å². The zero-order valence-corrected chi connectivity index (χ0v) is 20.2. The van der Waals surface area contributed by atoms with E-state index < -0.39 is 24.1 Å². The Morgan fingerprint density at radius 3 is 2.06 bits per heavy atom. The van der Waals surface area contributed by atoms with Crippen LogP contribution in [0, 0.1) is 5.82 Å². The van der Waals surface area contributed by atoms with Gasteiger partial charge in [-0.05, 0) is 35.4 Å². The minimum absolute atomic E-state index is 0.171. The third kappa shape index (κ3) is 7.79. The van der Waals surface area contributed by atoms with Gasteiger partial charge in [-0.3, -0.25) is 9.59 Å². The Labute approximate surface area is 199 Å². The molecular formula is C25H33FN2O6. The van der Waals surface area contributed by atoms with Crippen LogP contribution < -0.4 is 10.1 Å². The lowest BCUT2D eigenvalue weighted by Crippen LogP contribution is -2.45. The summed E-state index contributed by atoms with van der Waals surface area (Å²) in [7, 11) is 6.14. The molecule has 0 saturated heterocycles. The SMILES string of the molecule is COc1ccc(CN(C(C)=O)C(C(=O)NCC(CC(OC)OC)OC)c2ccc(F)cc2)cc1. The van der Waals surface area contributed by atoms with E-state index in [-0.39, 0.29) is 25.1 Å². The summed E-state index contributed by atoms with van der Waals surface area (Å²) in [6.45, 7) is 1.75. The molecule has 0 aliphatic rings. The summed E-state index contributed by atoms with van der Waals surface area (Å²) in [6, 6.07) is 11.8. The highest BCUT2D eigenvalue weighted by Crippen LogP contribution is 2.25. The highest BCUT2D eigenvalue weighted by molar-refractivity contribution is 5.88. The third-order valence-corrected chi connectivity index (χ3v) is 5.48. The van der Waals surface area contributed by atoms with Crippen LogP contribution in [0.3, 0.4) is 0 Å². The molecule has 34 heavy (non-hydrogen) atoms. The number of carbonyl (C=O) groups is 2. The van der Waals surface area contributed by atoms with Gasteiger partial charge in [0, 0.05) is 47.8 Å². The first-order valence-electron chi connectivity index (χ1n) is 10.8. The van der Waals surface area contributed by atoms with Gasteiger partial charge in [0.1, 0.15) is 17.6 Å². The molecule has 0 fully saturated rings. The fourth-order valence-electron chi connectivity index (χ4n) is 3.51. The highest BCUT2D eigenvalue weighted by atomic mass is 19.1. The van der Waals surface area contributed by atoms with Crippen molar-refractivity contribution in [2.75, 3.05) is 35.0 Å². The molecule has 2 unspecified atom stereocenters. The molecule has 0 aliphatic heterocycles. The van der Waals surface area contributed by atoms with Crippen molar-refractivity contribution in [2.24, 2.45) is 0 Å². The summed E-state index contributed by atoms with van der Waals surface area (Å²) in [5, 5.41) is 2.86. The fourth-order valence-corrected chi connectivity index (χ4v) is 3.51. The Hall–Kier alpha value is -3.01. The minimum atomic E-state index is -0.974. The normalized spacial score (nSPS) is 12.8. The van der Waals surface area contributed by atoms with E-state index in [9.17, 15) is 14.0 Å². The average Bonchev–Trinajstić information content (AvgIpc) is 2.85. The maximum atomic E-state index is 13.6. The molecule has 0 saturated carbocycles. The van der Waals surface area contributed by atoms with Crippen molar-refractivity contribution in [3.8, 4) is 5.75 Å². The van der Waals surface area contributed by atoms with Crippen LogP contribution in [0.15, 0.2) is 48.5 Å². The number of hydrogen-bond donors (Lipinski definition) is 1. The molecule has 0 heterocycles. The number of halogens is 1. The standard InChI is InChI=1S/C25H33FN2O6/c1-17(29)28(16-18-6-12-21(31-2)13-7-18)24(19-8-10-20(26)11-9-19)25(30)27-15-22(32-3)14-23(33-4)34-5/h6-13,22-24H,14-16H2,1-5H3,(H,27,30). The van der Waals surface area contributed by atoms with Crippen molar-refractivity contribution in [3.05, 3.63) is 65.5 Å². The molecule has 0 aromatic heterocycles. The maximum absolute atomic E-state index is 13.6. The van der Waals surface area contributed by atoms with Crippen LogP contribution in [0.25, 0.3) is 0 Å². The lowest BCUT2D eigenvalue weighted by atomic mass is 10.0. The molecule has 2 amide bonds. The summed E-state index contributed by atoms with van der Waals surface area (Å²) < 4.78 is 34.6. The molecular weight excluding hydrogens is 443 g/mol. The molecule has 0 radical (unpaired) electrons. The predicted octanol–water partition coefficient (Wildman–Crippen LogP) is 3.06. The average molecular weight is 477 g/mol. The predicted molar refractivity (Wildman–Crippen MR) is 125 cm³/mol. The van der Waals surface area contributed by atoms with Crippen LogP contribution in [0.5, 0.6) is 5.75 Å². The summed E-state index contributed by atoms with van der Waals surface area (Å²) in [5.74, 6) is -0.467.